The average molecular weight is 502 g/mol. The highest BCUT2D eigenvalue weighted by molar-refractivity contribution is 6.20. The largest absolute Gasteiger partial charge is 0.405 e. The molecule has 1 nitrogen and oxygen atoms in total. The molecule has 1 aliphatic rings. The third-order valence-electron chi connectivity index (χ3n) is 8.58. The molecule has 6 aromatic carbocycles. The van der Waals surface area contributed by atoms with Crippen LogP contribution in [0.1, 0.15) is 30.5 Å². The van der Waals surface area contributed by atoms with Crippen LogP contribution < -0.4 is 5.73 Å². The van der Waals surface area contributed by atoms with Gasteiger partial charge in [0.05, 0.1) is 0 Å². The predicted octanol–water partition coefficient (Wildman–Crippen LogP) is 9.69. The Morgan fingerprint density at radius 1 is 0.564 bits per heavy atom. The first-order chi connectivity index (χ1) is 19.1. The normalized spacial score (nSPS) is 14.1. The number of benzene rings is 6. The van der Waals surface area contributed by atoms with E-state index in [2.05, 4.69) is 123 Å². The number of allylic oxidation sites excluding steroid dienone is 3. The van der Waals surface area contributed by atoms with Crippen LogP contribution in [0.15, 0.2) is 128 Å². The minimum Gasteiger partial charge on any atom is -0.405 e. The summed E-state index contributed by atoms with van der Waals surface area (Å²) in [6.45, 7) is 4.75. The van der Waals surface area contributed by atoms with Gasteiger partial charge in [-0.1, -0.05) is 123 Å². The monoisotopic (exact) mass is 501 g/mol. The third-order valence-corrected chi connectivity index (χ3v) is 8.58. The van der Waals surface area contributed by atoms with Crippen LogP contribution in [0.25, 0.3) is 54.6 Å². The Morgan fingerprint density at radius 2 is 1.10 bits per heavy atom. The number of rotatable bonds is 4. The second kappa shape index (κ2) is 8.99. The van der Waals surface area contributed by atoms with Gasteiger partial charge in [0, 0.05) is 5.41 Å². The molecule has 0 atom stereocenters. The van der Waals surface area contributed by atoms with Gasteiger partial charge in [0.15, 0.2) is 0 Å². The van der Waals surface area contributed by atoms with Gasteiger partial charge in [-0.2, -0.15) is 0 Å². The van der Waals surface area contributed by atoms with Crippen molar-refractivity contribution in [3.63, 3.8) is 0 Å². The van der Waals surface area contributed by atoms with Crippen molar-refractivity contribution < 1.29 is 0 Å². The summed E-state index contributed by atoms with van der Waals surface area (Å²) >= 11 is 0. The summed E-state index contributed by atoms with van der Waals surface area (Å²) in [5, 5.41) is 7.84. The average Bonchev–Trinajstić information content (AvgIpc) is 3.21. The van der Waals surface area contributed by atoms with Crippen molar-refractivity contribution in [1.82, 2.24) is 0 Å². The molecule has 39 heavy (non-hydrogen) atoms. The second-order valence-electron chi connectivity index (χ2n) is 11.0. The lowest BCUT2D eigenvalue weighted by Gasteiger charge is -2.24. The van der Waals surface area contributed by atoms with Crippen molar-refractivity contribution in [3.8, 4) is 22.3 Å². The van der Waals surface area contributed by atoms with E-state index in [1.807, 2.05) is 12.2 Å². The van der Waals surface area contributed by atoms with Crippen molar-refractivity contribution >= 4 is 32.3 Å². The Kier molecular flexibility index (Phi) is 5.42. The molecule has 0 saturated heterocycles. The van der Waals surface area contributed by atoms with Crippen LogP contribution in [-0.2, 0) is 11.8 Å². The maximum atomic E-state index is 5.57. The van der Waals surface area contributed by atoms with Crippen LogP contribution in [0, 0.1) is 0 Å². The van der Waals surface area contributed by atoms with E-state index in [4.69, 9.17) is 5.73 Å². The Hall–Kier alpha value is -4.62. The van der Waals surface area contributed by atoms with E-state index in [9.17, 15) is 0 Å². The molecule has 0 amide bonds. The van der Waals surface area contributed by atoms with Crippen molar-refractivity contribution in [3.05, 3.63) is 144 Å². The Labute approximate surface area is 229 Å². The van der Waals surface area contributed by atoms with E-state index < -0.39 is 0 Å². The lowest BCUT2D eigenvalue weighted by molar-refractivity contribution is 0.661. The maximum absolute atomic E-state index is 5.57. The van der Waals surface area contributed by atoms with E-state index in [-0.39, 0.29) is 5.41 Å². The smallest absolute Gasteiger partial charge is 0.0159 e. The van der Waals surface area contributed by atoms with E-state index in [1.54, 1.807) is 6.20 Å². The van der Waals surface area contributed by atoms with Crippen LogP contribution in [-0.4, -0.2) is 0 Å². The fourth-order valence-electron chi connectivity index (χ4n) is 6.81. The number of fused-ring (bicyclic) bond motifs is 7. The molecule has 188 valence electrons. The number of hydrogen-bond donors (Lipinski definition) is 1. The maximum Gasteiger partial charge on any atom is 0.0159 e. The van der Waals surface area contributed by atoms with Gasteiger partial charge in [0.2, 0.25) is 0 Å². The lowest BCUT2D eigenvalue weighted by Crippen LogP contribution is -2.15. The van der Waals surface area contributed by atoms with Gasteiger partial charge >= 0.3 is 0 Å². The number of hydrogen-bond acceptors (Lipinski definition) is 1. The SMILES string of the molecule is CC1(C)c2ccccc2-c2c1cc(-c1c3ccccc3c(C/C=C\C=C/N)c3ccccc13)c1ccccc21. The van der Waals surface area contributed by atoms with Gasteiger partial charge in [-0.05, 0) is 96.0 Å². The number of nitrogens with two attached hydrogens (primary N) is 1. The van der Waals surface area contributed by atoms with Crippen LogP contribution >= 0.6 is 0 Å². The minimum absolute atomic E-state index is 0.0719. The summed E-state index contributed by atoms with van der Waals surface area (Å²) in [7, 11) is 0. The van der Waals surface area contributed by atoms with Gasteiger partial charge < -0.3 is 5.73 Å². The molecule has 6 aromatic rings. The fraction of sp³-hybridized carbons (Fsp3) is 0.105. The molecule has 0 bridgehead atoms. The Balaban J connectivity index is 1.61. The van der Waals surface area contributed by atoms with Crippen LogP contribution in [0.4, 0.5) is 0 Å². The molecule has 0 aliphatic heterocycles. The van der Waals surface area contributed by atoms with Gasteiger partial charge in [0.25, 0.3) is 0 Å². The summed E-state index contributed by atoms with van der Waals surface area (Å²) in [4.78, 5) is 0. The first kappa shape index (κ1) is 23.5. The highest BCUT2D eigenvalue weighted by Gasteiger charge is 2.37. The molecule has 0 saturated carbocycles. The highest BCUT2D eigenvalue weighted by Crippen LogP contribution is 2.54. The van der Waals surface area contributed by atoms with Crippen molar-refractivity contribution in [2.24, 2.45) is 5.73 Å². The van der Waals surface area contributed by atoms with Crippen LogP contribution in [0.2, 0.25) is 0 Å². The first-order valence-corrected chi connectivity index (χ1v) is 13.7. The Bertz CT molecular complexity index is 1910. The molecule has 7 rings (SSSR count). The Morgan fingerprint density at radius 3 is 1.74 bits per heavy atom. The van der Waals surface area contributed by atoms with Gasteiger partial charge in [0.1, 0.15) is 0 Å². The van der Waals surface area contributed by atoms with E-state index in [1.165, 1.54) is 71.3 Å². The summed E-state index contributed by atoms with van der Waals surface area (Å²) < 4.78 is 0. The topological polar surface area (TPSA) is 26.0 Å². The summed E-state index contributed by atoms with van der Waals surface area (Å²) in [6, 6.07) is 38.2. The molecule has 1 aliphatic carbocycles. The summed E-state index contributed by atoms with van der Waals surface area (Å²) in [5.41, 5.74) is 15.1. The van der Waals surface area contributed by atoms with Crippen molar-refractivity contribution in [1.29, 1.82) is 0 Å². The molecule has 0 unspecified atom stereocenters. The molecular formula is C38H31N. The van der Waals surface area contributed by atoms with Crippen molar-refractivity contribution in [2.45, 2.75) is 25.7 Å². The standard InChI is InChI=1S/C38H31N/c1-38(2)34-22-12-11-21-32(34)37-31-20-10-7-17-28(31)33(24-35(37)38)36-29-18-8-5-15-26(29)25(14-4-3-13-23-39)27-16-6-9-19-30(27)36/h3-13,15-24H,14,39H2,1-2H3/b4-3-,23-13-. The summed E-state index contributed by atoms with van der Waals surface area (Å²) in [5.74, 6) is 0. The fourth-order valence-corrected chi connectivity index (χ4v) is 6.81. The zero-order valence-electron chi connectivity index (χ0n) is 22.4. The molecule has 0 heterocycles. The zero-order chi connectivity index (χ0) is 26.6. The molecular weight excluding hydrogens is 470 g/mol. The molecule has 0 fully saturated rings. The molecule has 0 aromatic heterocycles. The molecule has 1 heteroatoms. The summed E-state index contributed by atoms with van der Waals surface area (Å²) in [6.07, 6.45) is 8.54. The second-order valence-corrected chi connectivity index (χ2v) is 11.0. The zero-order valence-corrected chi connectivity index (χ0v) is 22.4. The van der Waals surface area contributed by atoms with Crippen LogP contribution in [0.3, 0.4) is 0 Å². The van der Waals surface area contributed by atoms with Gasteiger partial charge in [-0.3, -0.25) is 0 Å². The van der Waals surface area contributed by atoms with Crippen molar-refractivity contribution in [2.75, 3.05) is 0 Å². The van der Waals surface area contributed by atoms with E-state index in [0.717, 1.165) is 6.42 Å². The van der Waals surface area contributed by atoms with Gasteiger partial charge in [-0.25, -0.2) is 0 Å². The van der Waals surface area contributed by atoms with E-state index in [0.29, 0.717) is 0 Å². The quantitative estimate of drug-likeness (QED) is 0.189. The molecule has 2 N–H and O–H groups in total. The van der Waals surface area contributed by atoms with Gasteiger partial charge in [-0.15, -0.1) is 0 Å². The third kappa shape index (κ3) is 3.47. The van der Waals surface area contributed by atoms with E-state index >= 15 is 0 Å². The first-order valence-electron chi connectivity index (χ1n) is 13.7. The molecule has 0 radical (unpaired) electrons. The minimum atomic E-state index is -0.0719. The highest BCUT2D eigenvalue weighted by atomic mass is 14.5. The molecule has 0 spiro atoms. The lowest BCUT2D eigenvalue weighted by atomic mass is 9.79. The van der Waals surface area contributed by atoms with Crippen LogP contribution in [0.5, 0.6) is 0 Å². The predicted molar refractivity (Wildman–Crippen MR) is 168 cm³/mol.